The zero-order valence-corrected chi connectivity index (χ0v) is 18.3. The summed E-state index contributed by atoms with van der Waals surface area (Å²) in [5.41, 5.74) is 2.45. The van der Waals surface area contributed by atoms with E-state index in [2.05, 4.69) is 11.4 Å². The van der Waals surface area contributed by atoms with Crippen molar-refractivity contribution in [3.05, 3.63) is 45.3 Å². The molecule has 2 aromatic heterocycles. The van der Waals surface area contributed by atoms with Crippen molar-refractivity contribution in [2.45, 2.75) is 31.8 Å². The minimum absolute atomic E-state index is 0.0825. The van der Waals surface area contributed by atoms with Crippen LogP contribution < -0.4 is 9.47 Å². The van der Waals surface area contributed by atoms with E-state index in [0.29, 0.717) is 35.9 Å². The minimum atomic E-state index is -0.246. The van der Waals surface area contributed by atoms with E-state index in [1.54, 1.807) is 14.2 Å². The fourth-order valence-electron chi connectivity index (χ4n) is 4.79. The van der Waals surface area contributed by atoms with Crippen LogP contribution in [0.2, 0.25) is 0 Å². The molecule has 7 heteroatoms. The van der Waals surface area contributed by atoms with Gasteiger partial charge in [0.1, 0.15) is 0 Å². The van der Waals surface area contributed by atoms with Crippen molar-refractivity contribution in [2.24, 2.45) is 0 Å². The van der Waals surface area contributed by atoms with Gasteiger partial charge in [0.15, 0.2) is 17.1 Å². The highest BCUT2D eigenvalue weighted by Gasteiger charge is 2.42. The van der Waals surface area contributed by atoms with Gasteiger partial charge in [-0.05, 0) is 48.9 Å². The third kappa shape index (κ3) is 2.83. The molecule has 158 valence electrons. The van der Waals surface area contributed by atoms with Gasteiger partial charge in [-0.15, -0.1) is 11.3 Å². The Morgan fingerprint density at radius 1 is 1.17 bits per heavy atom. The number of amides is 1. The highest BCUT2D eigenvalue weighted by atomic mass is 32.1. The van der Waals surface area contributed by atoms with E-state index in [1.807, 2.05) is 35.3 Å². The van der Waals surface area contributed by atoms with Gasteiger partial charge in [0, 0.05) is 35.3 Å². The van der Waals surface area contributed by atoms with Gasteiger partial charge in [0.05, 0.1) is 26.4 Å². The number of methoxy groups -OCH3 is 2. The number of likely N-dealkylation sites (tertiary alicyclic amines) is 1. The van der Waals surface area contributed by atoms with Gasteiger partial charge in [-0.2, -0.15) is 0 Å². The number of carbonyl (C=O) groups excluding carboxylic acids is 1. The molecule has 1 spiro atoms. The first-order valence-corrected chi connectivity index (χ1v) is 11.1. The van der Waals surface area contributed by atoms with Crippen LogP contribution in [-0.2, 0) is 16.8 Å². The predicted octanol–water partition coefficient (Wildman–Crippen LogP) is 4.52. The van der Waals surface area contributed by atoms with Crippen molar-refractivity contribution in [3.8, 4) is 11.5 Å². The number of hydrogen-bond acceptors (Lipinski definition) is 6. The topological polar surface area (TPSA) is 61.1 Å². The van der Waals surface area contributed by atoms with Crippen molar-refractivity contribution >= 4 is 28.2 Å². The summed E-state index contributed by atoms with van der Waals surface area (Å²) >= 11 is 1.81. The molecule has 0 saturated carbocycles. The number of rotatable bonds is 3. The van der Waals surface area contributed by atoms with Crippen LogP contribution >= 0.6 is 11.3 Å². The molecule has 0 aliphatic carbocycles. The maximum atomic E-state index is 13.3. The maximum absolute atomic E-state index is 13.3. The number of benzene rings is 1. The van der Waals surface area contributed by atoms with E-state index >= 15 is 0 Å². The van der Waals surface area contributed by atoms with E-state index in [-0.39, 0.29) is 11.5 Å². The maximum Gasteiger partial charge on any atom is 0.289 e. The van der Waals surface area contributed by atoms with E-state index in [1.165, 1.54) is 10.4 Å². The largest absolute Gasteiger partial charge is 0.493 e. The summed E-state index contributed by atoms with van der Waals surface area (Å²) in [6.07, 6.45) is 2.60. The molecule has 1 saturated heterocycles. The number of thiophene rings is 1. The molecule has 1 amide bonds. The van der Waals surface area contributed by atoms with Crippen LogP contribution in [0.15, 0.2) is 28.0 Å². The van der Waals surface area contributed by atoms with Crippen LogP contribution in [0.3, 0.4) is 0 Å². The summed E-state index contributed by atoms with van der Waals surface area (Å²) in [6.45, 7) is 3.96. The summed E-state index contributed by atoms with van der Waals surface area (Å²) in [5.74, 6) is 1.38. The Morgan fingerprint density at radius 3 is 2.70 bits per heavy atom. The molecule has 0 radical (unpaired) electrons. The first-order chi connectivity index (χ1) is 14.6. The van der Waals surface area contributed by atoms with Crippen molar-refractivity contribution in [3.63, 3.8) is 0 Å². The highest BCUT2D eigenvalue weighted by Crippen LogP contribution is 2.44. The molecular formula is C23H25NO5S. The minimum Gasteiger partial charge on any atom is -0.493 e. The van der Waals surface area contributed by atoms with Crippen molar-refractivity contribution in [1.29, 1.82) is 0 Å². The number of ether oxygens (including phenoxy) is 3. The van der Waals surface area contributed by atoms with Crippen LogP contribution in [0.25, 0.3) is 11.0 Å². The second-order valence-electron chi connectivity index (χ2n) is 7.88. The molecule has 1 fully saturated rings. The van der Waals surface area contributed by atoms with Crippen LogP contribution in [0.4, 0.5) is 0 Å². The van der Waals surface area contributed by atoms with Gasteiger partial charge in [-0.1, -0.05) is 0 Å². The Hall–Kier alpha value is -2.51. The lowest BCUT2D eigenvalue weighted by Crippen LogP contribution is -2.48. The van der Waals surface area contributed by atoms with Crippen LogP contribution in [0.1, 0.15) is 39.4 Å². The number of fused-ring (bicyclic) bond motifs is 3. The molecule has 1 aromatic carbocycles. The summed E-state index contributed by atoms with van der Waals surface area (Å²) in [4.78, 5) is 16.6. The number of nitrogens with zero attached hydrogens (tertiary/aromatic N) is 1. The first-order valence-electron chi connectivity index (χ1n) is 10.2. The quantitative estimate of drug-likeness (QED) is 0.615. The predicted molar refractivity (Wildman–Crippen MR) is 115 cm³/mol. The Labute approximate surface area is 179 Å². The van der Waals surface area contributed by atoms with E-state index < -0.39 is 0 Å². The lowest BCUT2D eigenvalue weighted by atomic mass is 9.82. The highest BCUT2D eigenvalue weighted by molar-refractivity contribution is 7.10. The average Bonchev–Trinajstić information content (AvgIpc) is 3.39. The van der Waals surface area contributed by atoms with Crippen molar-refractivity contribution in [2.75, 3.05) is 33.9 Å². The Balaban J connectivity index is 1.42. The molecule has 4 heterocycles. The smallest absolute Gasteiger partial charge is 0.289 e. The molecule has 2 aliphatic heterocycles. The van der Waals surface area contributed by atoms with Crippen LogP contribution in [0, 0.1) is 6.92 Å². The molecule has 2 aliphatic rings. The SMILES string of the molecule is COc1ccc2c(C)c(C(=O)N3CCC4(CC3)OCCc3sccc34)oc2c1OC. The lowest BCUT2D eigenvalue weighted by molar-refractivity contribution is -0.0928. The molecule has 0 unspecified atom stereocenters. The molecule has 0 N–H and O–H groups in total. The van der Waals surface area contributed by atoms with Gasteiger partial charge in [-0.3, -0.25) is 4.79 Å². The van der Waals surface area contributed by atoms with E-state index in [9.17, 15) is 4.79 Å². The fraction of sp³-hybridized carbons (Fsp3) is 0.435. The van der Waals surface area contributed by atoms with Gasteiger partial charge < -0.3 is 23.5 Å². The summed E-state index contributed by atoms with van der Waals surface area (Å²) in [6, 6.07) is 5.94. The first kappa shape index (κ1) is 19.5. The van der Waals surface area contributed by atoms with Crippen LogP contribution in [-0.4, -0.2) is 44.7 Å². The second-order valence-corrected chi connectivity index (χ2v) is 8.88. The Morgan fingerprint density at radius 2 is 1.97 bits per heavy atom. The number of aryl methyl sites for hydroxylation is 1. The number of furan rings is 1. The molecule has 3 aromatic rings. The number of hydrogen-bond donors (Lipinski definition) is 0. The normalized spacial score (nSPS) is 17.9. The lowest BCUT2D eigenvalue weighted by Gasteiger charge is -2.43. The summed E-state index contributed by atoms with van der Waals surface area (Å²) < 4.78 is 23.1. The molecule has 30 heavy (non-hydrogen) atoms. The number of piperidine rings is 1. The summed E-state index contributed by atoms with van der Waals surface area (Å²) in [7, 11) is 3.16. The molecule has 5 rings (SSSR count). The van der Waals surface area contributed by atoms with Crippen molar-refractivity contribution in [1.82, 2.24) is 4.90 Å². The third-order valence-corrected chi connectivity index (χ3v) is 7.43. The van der Waals surface area contributed by atoms with E-state index in [0.717, 1.165) is 36.8 Å². The monoisotopic (exact) mass is 427 g/mol. The number of carbonyl (C=O) groups is 1. The Bertz CT molecular complexity index is 1110. The molecule has 0 atom stereocenters. The fourth-order valence-corrected chi connectivity index (χ4v) is 5.74. The van der Waals surface area contributed by atoms with Gasteiger partial charge in [-0.25, -0.2) is 0 Å². The van der Waals surface area contributed by atoms with Crippen molar-refractivity contribution < 1.29 is 23.4 Å². The molecule has 0 bridgehead atoms. The zero-order valence-electron chi connectivity index (χ0n) is 17.4. The third-order valence-electron chi connectivity index (χ3n) is 6.45. The van der Waals surface area contributed by atoms with Gasteiger partial charge >= 0.3 is 0 Å². The average molecular weight is 428 g/mol. The molecular weight excluding hydrogens is 402 g/mol. The van der Waals surface area contributed by atoms with Gasteiger partial charge in [0.25, 0.3) is 5.91 Å². The molecule has 6 nitrogen and oxygen atoms in total. The van der Waals surface area contributed by atoms with Gasteiger partial charge in [0.2, 0.25) is 5.75 Å². The standard InChI is InChI=1S/C23H25NO5S/c1-14-15-4-5-17(26-2)21(27-3)20(15)29-19(14)22(25)24-10-8-23(9-11-24)16-7-13-30-18(16)6-12-28-23/h4-5,7,13H,6,8-12H2,1-3H3. The van der Waals surface area contributed by atoms with E-state index in [4.69, 9.17) is 18.6 Å². The zero-order chi connectivity index (χ0) is 20.9. The van der Waals surface area contributed by atoms with Crippen LogP contribution in [0.5, 0.6) is 11.5 Å². The Kier molecular flexibility index (Phi) is 4.75. The second kappa shape index (κ2) is 7.32. The summed E-state index contributed by atoms with van der Waals surface area (Å²) in [5, 5.41) is 3.01.